The summed E-state index contributed by atoms with van der Waals surface area (Å²) in [5.41, 5.74) is 10.8. The van der Waals surface area contributed by atoms with Crippen molar-refractivity contribution in [1.82, 2.24) is 5.16 Å². The minimum Gasteiger partial charge on any atom is -0.380 e. The van der Waals surface area contributed by atoms with Crippen LogP contribution in [0.15, 0.2) is 22.7 Å². The molecule has 21 heavy (non-hydrogen) atoms. The lowest BCUT2D eigenvalue weighted by molar-refractivity contribution is 0.240. The molecule has 0 saturated carbocycles. The maximum absolute atomic E-state index is 6.04. The number of hydrogen-bond donors (Lipinski definition) is 1. The molecule has 0 aliphatic carbocycles. The number of aromatic nitrogens is 1. The van der Waals surface area contributed by atoms with Gasteiger partial charge in [-0.25, -0.2) is 0 Å². The first kappa shape index (κ1) is 15.6. The van der Waals surface area contributed by atoms with Gasteiger partial charge in [-0.3, -0.25) is 0 Å². The maximum atomic E-state index is 6.04. The van der Waals surface area contributed by atoms with Crippen molar-refractivity contribution >= 4 is 5.82 Å². The minimum absolute atomic E-state index is 0.224. The van der Waals surface area contributed by atoms with Crippen LogP contribution in [0, 0.1) is 25.2 Å². The highest BCUT2D eigenvalue weighted by atomic mass is 16.5. The fourth-order valence-electron chi connectivity index (χ4n) is 2.27. The number of hydrogen-bond acceptors (Lipinski definition) is 3. The summed E-state index contributed by atoms with van der Waals surface area (Å²) in [6.07, 6.45) is 0.843. The zero-order valence-electron chi connectivity index (χ0n) is 13.9. The second-order valence-electron chi connectivity index (χ2n) is 7.14. The normalized spacial score (nSPS) is 13.4. The van der Waals surface area contributed by atoms with Crippen LogP contribution in [-0.2, 0) is 6.42 Å². The lowest BCUT2D eigenvalue weighted by atomic mass is 9.79. The SMILES string of the molecule is Cc1ccc(-c2c(N)noc2CC(C)C(C)(C)C)cc1C. The Morgan fingerprint density at radius 2 is 1.86 bits per heavy atom. The van der Waals surface area contributed by atoms with E-state index in [0.717, 1.165) is 23.3 Å². The van der Waals surface area contributed by atoms with Gasteiger partial charge in [0.05, 0.1) is 5.56 Å². The fourth-order valence-corrected chi connectivity index (χ4v) is 2.27. The van der Waals surface area contributed by atoms with Crippen molar-refractivity contribution in [3.63, 3.8) is 0 Å². The maximum Gasteiger partial charge on any atom is 0.175 e. The summed E-state index contributed by atoms with van der Waals surface area (Å²) in [5.74, 6) is 1.85. The minimum atomic E-state index is 0.224. The standard InChI is InChI=1S/C18H26N2O/c1-11-7-8-14(9-12(11)2)16-15(21-20-17(16)19)10-13(3)18(4,5)6/h7-9,13H,10H2,1-6H3,(H2,19,20). The summed E-state index contributed by atoms with van der Waals surface area (Å²) in [7, 11) is 0. The van der Waals surface area contributed by atoms with Gasteiger partial charge in [0, 0.05) is 6.42 Å². The number of benzene rings is 1. The van der Waals surface area contributed by atoms with Crippen LogP contribution >= 0.6 is 0 Å². The Morgan fingerprint density at radius 3 is 2.43 bits per heavy atom. The average Bonchev–Trinajstić information content (AvgIpc) is 2.73. The van der Waals surface area contributed by atoms with Gasteiger partial charge in [-0.1, -0.05) is 51.1 Å². The van der Waals surface area contributed by atoms with E-state index >= 15 is 0 Å². The van der Waals surface area contributed by atoms with Crippen LogP contribution in [-0.4, -0.2) is 5.16 Å². The number of anilines is 1. The Balaban J connectivity index is 2.40. The molecule has 0 aliphatic rings. The summed E-state index contributed by atoms with van der Waals surface area (Å²) in [5, 5.41) is 3.98. The van der Waals surface area contributed by atoms with E-state index in [1.165, 1.54) is 11.1 Å². The zero-order valence-corrected chi connectivity index (χ0v) is 13.9. The van der Waals surface area contributed by atoms with Crippen LogP contribution in [0.1, 0.15) is 44.6 Å². The van der Waals surface area contributed by atoms with Gasteiger partial charge in [-0.2, -0.15) is 0 Å². The Labute approximate surface area is 127 Å². The van der Waals surface area contributed by atoms with Crippen LogP contribution in [0.5, 0.6) is 0 Å². The first-order valence-electron chi connectivity index (χ1n) is 7.51. The third-order valence-electron chi connectivity index (χ3n) is 4.55. The zero-order chi connectivity index (χ0) is 15.8. The number of nitrogen functional groups attached to an aromatic ring is 1. The van der Waals surface area contributed by atoms with E-state index in [1.54, 1.807) is 0 Å². The molecule has 2 rings (SSSR count). The molecule has 1 atom stereocenters. The molecule has 1 aromatic carbocycles. The van der Waals surface area contributed by atoms with Crippen LogP contribution in [0.4, 0.5) is 5.82 Å². The monoisotopic (exact) mass is 286 g/mol. The molecule has 2 aromatic rings. The van der Waals surface area contributed by atoms with Gasteiger partial charge in [0.2, 0.25) is 0 Å². The van der Waals surface area contributed by atoms with Crippen molar-refractivity contribution in [3.8, 4) is 11.1 Å². The van der Waals surface area contributed by atoms with E-state index in [0.29, 0.717) is 11.7 Å². The van der Waals surface area contributed by atoms with Crippen LogP contribution in [0.2, 0.25) is 0 Å². The third kappa shape index (κ3) is 3.29. The topological polar surface area (TPSA) is 52.0 Å². The molecule has 1 unspecified atom stereocenters. The quantitative estimate of drug-likeness (QED) is 0.884. The first-order valence-corrected chi connectivity index (χ1v) is 7.51. The smallest absolute Gasteiger partial charge is 0.175 e. The molecule has 0 radical (unpaired) electrons. The first-order chi connectivity index (χ1) is 9.70. The third-order valence-corrected chi connectivity index (χ3v) is 4.55. The molecular formula is C18H26N2O. The largest absolute Gasteiger partial charge is 0.380 e. The van der Waals surface area contributed by atoms with E-state index in [9.17, 15) is 0 Å². The molecule has 3 heteroatoms. The predicted octanol–water partition coefficient (Wildman–Crippen LogP) is 4.77. The van der Waals surface area contributed by atoms with Gasteiger partial charge in [-0.15, -0.1) is 0 Å². The summed E-state index contributed by atoms with van der Waals surface area (Å²) in [6, 6.07) is 6.37. The lowest BCUT2D eigenvalue weighted by Crippen LogP contribution is -2.19. The van der Waals surface area contributed by atoms with Crippen LogP contribution < -0.4 is 5.73 Å². The predicted molar refractivity (Wildman–Crippen MR) is 88.1 cm³/mol. The van der Waals surface area contributed by atoms with Crippen molar-refractivity contribution < 1.29 is 4.52 Å². The molecule has 1 aromatic heterocycles. The molecule has 0 amide bonds. The molecule has 0 fully saturated rings. The van der Waals surface area contributed by atoms with E-state index in [-0.39, 0.29) is 5.41 Å². The molecule has 0 spiro atoms. The van der Waals surface area contributed by atoms with Crippen molar-refractivity contribution in [2.75, 3.05) is 5.73 Å². The van der Waals surface area contributed by atoms with E-state index in [4.69, 9.17) is 10.3 Å². The molecule has 0 bridgehead atoms. The number of rotatable bonds is 3. The van der Waals surface area contributed by atoms with Crippen molar-refractivity contribution in [2.24, 2.45) is 11.3 Å². The molecular weight excluding hydrogens is 260 g/mol. The summed E-state index contributed by atoms with van der Waals surface area (Å²) in [4.78, 5) is 0. The number of nitrogens with zero attached hydrogens (tertiary/aromatic N) is 1. The Bertz CT molecular complexity index is 635. The van der Waals surface area contributed by atoms with Crippen LogP contribution in [0.3, 0.4) is 0 Å². The van der Waals surface area contributed by atoms with Gasteiger partial charge >= 0.3 is 0 Å². The van der Waals surface area contributed by atoms with Crippen LogP contribution in [0.25, 0.3) is 11.1 Å². The molecule has 0 aliphatic heterocycles. The molecule has 0 saturated heterocycles. The lowest BCUT2D eigenvalue weighted by Gasteiger charge is -2.26. The van der Waals surface area contributed by atoms with Gasteiger partial charge in [0.1, 0.15) is 5.76 Å². The van der Waals surface area contributed by atoms with Gasteiger partial charge in [0.15, 0.2) is 5.82 Å². The molecule has 2 N–H and O–H groups in total. The molecule has 3 nitrogen and oxygen atoms in total. The van der Waals surface area contributed by atoms with Gasteiger partial charge < -0.3 is 10.3 Å². The van der Waals surface area contributed by atoms with Crippen molar-refractivity contribution in [3.05, 3.63) is 35.1 Å². The summed E-state index contributed by atoms with van der Waals surface area (Å²) in [6.45, 7) is 13.2. The Hall–Kier alpha value is -1.77. The fraction of sp³-hybridized carbons (Fsp3) is 0.500. The van der Waals surface area contributed by atoms with Gasteiger partial charge in [0.25, 0.3) is 0 Å². The van der Waals surface area contributed by atoms with E-state index < -0.39 is 0 Å². The van der Waals surface area contributed by atoms with Gasteiger partial charge in [-0.05, 0) is 41.9 Å². The second kappa shape index (κ2) is 5.55. The number of nitrogens with two attached hydrogens (primary N) is 1. The van der Waals surface area contributed by atoms with E-state index in [1.807, 2.05) is 0 Å². The Kier molecular flexibility index (Phi) is 4.13. The van der Waals surface area contributed by atoms with Crippen molar-refractivity contribution in [2.45, 2.75) is 48.0 Å². The number of aryl methyl sites for hydroxylation is 2. The highest BCUT2D eigenvalue weighted by molar-refractivity contribution is 5.76. The molecule has 1 heterocycles. The average molecular weight is 286 g/mol. The van der Waals surface area contributed by atoms with Crippen molar-refractivity contribution in [1.29, 1.82) is 0 Å². The summed E-state index contributed by atoms with van der Waals surface area (Å²) >= 11 is 0. The second-order valence-corrected chi connectivity index (χ2v) is 7.14. The highest BCUT2D eigenvalue weighted by Crippen LogP contribution is 2.35. The highest BCUT2D eigenvalue weighted by Gasteiger charge is 2.25. The Morgan fingerprint density at radius 1 is 1.19 bits per heavy atom. The van der Waals surface area contributed by atoms with E-state index in [2.05, 4.69) is 64.9 Å². The molecule has 114 valence electrons. The summed E-state index contributed by atoms with van der Waals surface area (Å²) < 4.78 is 5.51.